The SMILES string of the molecule is C#C[C@H](/C=C/CCCCCCCCCCC(C)CCCC)OC(=O)[C@@](OC)(c1ccccc1)C(F)(F)F. The topological polar surface area (TPSA) is 35.5 Å². The van der Waals surface area contributed by atoms with Crippen molar-refractivity contribution in [2.75, 3.05) is 7.11 Å². The van der Waals surface area contributed by atoms with Gasteiger partial charge in [0.05, 0.1) is 0 Å². The maximum absolute atomic E-state index is 14.0. The maximum Gasteiger partial charge on any atom is 0.432 e. The minimum atomic E-state index is -5.03. The molecule has 0 saturated heterocycles. The highest BCUT2D eigenvalue weighted by atomic mass is 19.4. The molecule has 0 heterocycles. The molecule has 1 rings (SSSR count). The van der Waals surface area contributed by atoms with Crippen LogP contribution in [0.2, 0.25) is 0 Å². The molecule has 3 atom stereocenters. The molecular formula is C31H45F3O3. The van der Waals surface area contributed by atoms with E-state index in [1.54, 1.807) is 12.1 Å². The monoisotopic (exact) mass is 522 g/mol. The zero-order valence-corrected chi connectivity index (χ0v) is 22.8. The minimum Gasteiger partial charge on any atom is -0.442 e. The van der Waals surface area contributed by atoms with Crippen LogP contribution in [0.25, 0.3) is 0 Å². The van der Waals surface area contributed by atoms with Gasteiger partial charge < -0.3 is 9.47 Å². The largest absolute Gasteiger partial charge is 0.442 e. The number of hydrogen-bond acceptors (Lipinski definition) is 3. The zero-order chi connectivity index (χ0) is 27.6. The Morgan fingerprint density at radius 2 is 1.54 bits per heavy atom. The van der Waals surface area contributed by atoms with Crippen LogP contribution in [-0.2, 0) is 19.9 Å². The van der Waals surface area contributed by atoms with Gasteiger partial charge in [-0.1, -0.05) is 127 Å². The van der Waals surface area contributed by atoms with E-state index in [2.05, 4.69) is 19.8 Å². The van der Waals surface area contributed by atoms with Crippen LogP contribution in [0, 0.1) is 18.3 Å². The van der Waals surface area contributed by atoms with Gasteiger partial charge in [0.15, 0.2) is 6.10 Å². The Kier molecular flexibility index (Phi) is 16.0. The fraction of sp³-hybridized carbons (Fsp3) is 0.645. The molecule has 1 aromatic carbocycles. The van der Waals surface area contributed by atoms with E-state index in [0.717, 1.165) is 38.7 Å². The summed E-state index contributed by atoms with van der Waals surface area (Å²) in [6.45, 7) is 4.61. The molecule has 1 aromatic rings. The van der Waals surface area contributed by atoms with Crippen molar-refractivity contribution in [3.63, 3.8) is 0 Å². The number of carbonyl (C=O) groups is 1. The number of allylic oxidation sites excluding steroid dienone is 1. The predicted molar refractivity (Wildman–Crippen MR) is 144 cm³/mol. The number of ether oxygens (including phenoxy) is 2. The summed E-state index contributed by atoms with van der Waals surface area (Å²) in [5.74, 6) is 1.49. The van der Waals surface area contributed by atoms with Gasteiger partial charge in [-0.05, 0) is 24.8 Å². The predicted octanol–water partition coefficient (Wildman–Crippen LogP) is 8.92. The highest BCUT2D eigenvalue weighted by molar-refractivity contribution is 5.83. The number of rotatable bonds is 19. The number of alkyl halides is 3. The third-order valence-electron chi connectivity index (χ3n) is 6.75. The number of hydrogen-bond donors (Lipinski definition) is 0. The first kappa shape index (κ1) is 32.8. The Hall–Kier alpha value is -2.26. The summed E-state index contributed by atoms with van der Waals surface area (Å²) in [5, 5.41) is 0. The average molecular weight is 523 g/mol. The second kappa shape index (κ2) is 18.1. The van der Waals surface area contributed by atoms with Crippen LogP contribution in [0.1, 0.15) is 103 Å². The summed E-state index contributed by atoms with van der Waals surface area (Å²) < 4.78 is 51.7. The first-order chi connectivity index (χ1) is 17.7. The fourth-order valence-electron chi connectivity index (χ4n) is 4.45. The Balaban J connectivity index is 2.36. The quantitative estimate of drug-likeness (QED) is 0.0787. The summed E-state index contributed by atoms with van der Waals surface area (Å²) in [6, 6.07) is 6.70. The van der Waals surface area contributed by atoms with Crippen molar-refractivity contribution in [3.05, 3.63) is 48.0 Å². The fourth-order valence-corrected chi connectivity index (χ4v) is 4.45. The van der Waals surface area contributed by atoms with Gasteiger partial charge in [0.2, 0.25) is 0 Å². The molecule has 0 aliphatic rings. The number of unbranched alkanes of at least 4 members (excludes halogenated alkanes) is 9. The van der Waals surface area contributed by atoms with Crippen molar-refractivity contribution in [2.45, 2.75) is 115 Å². The first-order valence-electron chi connectivity index (χ1n) is 13.7. The van der Waals surface area contributed by atoms with Crippen LogP contribution in [0.3, 0.4) is 0 Å². The van der Waals surface area contributed by atoms with Gasteiger partial charge in [-0.15, -0.1) is 6.42 Å². The third-order valence-corrected chi connectivity index (χ3v) is 6.75. The molecule has 0 N–H and O–H groups in total. The second-order valence-corrected chi connectivity index (χ2v) is 9.82. The second-order valence-electron chi connectivity index (χ2n) is 9.82. The molecule has 0 aromatic heterocycles. The number of halogens is 3. The smallest absolute Gasteiger partial charge is 0.432 e. The normalized spacial score (nSPS) is 15.2. The molecule has 0 aliphatic carbocycles. The summed E-state index contributed by atoms with van der Waals surface area (Å²) in [7, 11) is 0.831. The Bertz CT molecular complexity index is 813. The minimum absolute atomic E-state index is 0.365. The van der Waals surface area contributed by atoms with Gasteiger partial charge in [0.25, 0.3) is 5.60 Å². The highest BCUT2D eigenvalue weighted by Gasteiger charge is 2.64. The summed E-state index contributed by atoms with van der Waals surface area (Å²) in [4.78, 5) is 12.7. The molecule has 0 spiro atoms. The highest BCUT2D eigenvalue weighted by Crippen LogP contribution is 2.43. The van der Waals surface area contributed by atoms with E-state index in [1.807, 2.05) is 0 Å². The third kappa shape index (κ3) is 11.3. The van der Waals surface area contributed by atoms with Gasteiger partial charge in [-0.3, -0.25) is 0 Å². The lowest BCUT2D eigenvalue weighted by Crippen LogP contribution is -2.52. The molecule has 208 valence electrons. The standard InChI is InChI=1S/C31H45F3O3/c1-5-7-21-26(3)22-17-14-12-10-8-9-11-13-15-20-25-28(6-2)37-29(35)30(36-4,31(32,33)34)27-23-18-16-19-24-27/h2,16,18-20,23-26,28H,5,7-15,17,21-22H2,1,3-4H3/b25-20+/t26?,28-,30+/m1/s1. The Morgan fingerprint density at radius 3 is 2.08 bits per heavy atom. The van der Waals surface area contributed by atoms with E-state index in [-0.39, 0.29) is 5.56 Å². The molecule has 37 heavy (non-hydrogen) atoms. The number of methoxy groups -OCH3 is 1. The average Bonchev–Trinajstić information content (AvgIpc) is 2.87. The Labute approximate surface area is 222 Å². The summed E-state index contributed by atoms with van der Waals surface area (Å²) >= 11 is 0. The zero-order valence-electron chi connectivity index (χ0n) is 22.8. The van der Waals surface area contributed by atoms with E-state index in [1.165, 1.54) is 88.1 Å². The summed E-state index contributed by atoms with van der Waals surface area (Å²) in [5.41, 5.74) is -3.61. The molecule has 0 fully saturated rings. The molecule has 0 radical (unpaired) electrons. The van der Waals surface area contributed by atoms with E-state index >= 15 is 0 Å². The van der Waals surface area contributed by atoms with Gasteiger partial charge in [-0.2, -0.15) is 13.2 Å². The van der Waals surface area contributed by atoms with E-state index in [4.69, 9.17) is 15.9 Å². The molecule has 0 bridgehead atoms. The van der Waals surface area contributed by atoms with Crippen molar-refractivity contribution in [2.24, 2.45) is 5.92 Å². The molecule has 0 amide bonds. The lowest BCUT2D eigenvalue weighted by molar-refractivity contribution is -0.276. The first-order valence-corrected chi connectivity index (χ1v) is 13.7. The van der Waals surface area contributed by atoms with Crippen molar-refractivity contribution >= 4 is 5.97 Å². The number of esters is 1. The van der Waals surface area contributed by atoms with Crippen molar-refractivity contribution in [1.82, 2.24) is 0 Å². The Morgan fingerprint density at radius 1 is 0.973 bits per heavy atom. The van der Waals surface area contributed by atoms with Crippen molar-refractivity contribution < 1.29 is 27.4 Å². The van der Waals surface area contributed by atoms with Crippen molar-refractivity contribution in [1.29, 1.82) is 0 Å². The molecule has 0 saturated carbocycles. The van der Waals surface area contributed by atoms with E-state index in [0.29, 0.717) is 0 Å². The number of benzene rings is 1. The van der Waals surface area contributed by atoms with Gasteiger partial charge in [-0.25, -0.2) is 4.79 Å². The van der Waals surface area contributed by atoms with Gasteiger partial charge in [0.1, 0.15) is 0 Å². The lowest BCUT2D eigenvalue weighted by Gasteiger charge is -2.32. The summed E-state index contributed by atoms with van der Waals surface area (Å²) in [6.07, 6.45) is 18.0. The number of terminal acetylenes is 1. The van der Waals surface area contributed by atoms with Crippen molar-refractivity contribution in [3.8, 4) is 12.3 Å². The van der Waals surface area contributed by atoms with Crippen LogP contribution >= 0.6 is 0 Å². The van der Waals surface area contributed by atoms with Crippen LogP contribution in [0.5, 0.6) is 0 Å². The van der Waals surface area contributed by atoms with E-state index in [9.17, 15) is 18.0 Å². The number of carbonyl (C=O) groups excluding carboxylic acids is 1. The molecule has 6 heteroatoms. The molecular weight excluding hydrogens is 477 g/mol. The van der Waals surface area contributed by atoms with Gasteiger partial charge >= 0.3 is 12.1 Å². The lowest BCUT2D eigenvalue weighted by atomic mass is 9.92. The van der Waals surface area contributed by atoms with Crippen LogP contribution in [0.15, 0.2) is 42.5 Å². The van der Waals surface area contributed by atoms with Crippen LogP contribution in [0.4, 0.5) is 13.2 Å². The maximum atomic E-state index is 14.0. The molecule has 1 unspecified atom stereocenters. The van der Waals surface area contributed by atoms with Crippen LogP contribution < -0.4 is 0 Å². The molecule has 3 nitrogen and oxygen atoms in total. The van der Waals surface area contributed by atoms with Gasteiger partial charge in [0, 0.05) is 12.7 Å². The molecule has 0 aliphatic heterocycles. The van der Waals surface area contributed by atoms with E-state index < -0.39 is 23.9 Å². The van der Waals surface area contributed by atoms with Crippen LogP contribution in [-0.4, -0.2) is 25.4 Å².